The fourth-order valence-electron chi connectivity index (χ4n) is 3.66. The van der Waals surface area contributed by atoms with E-state index in [1.54, 1.807) is 6.92 Å². The molecule has 1 saturated heterocycles. The zero-order valence-corrected chi connectivity index (χ0v) is 13.8. The molecule has 6 nitrogen and oxygen atoms in total. The Morgan fingerprint density at radius 3 is 2.14 bits per heavy atom. The molecule has 0 amide bonds. The Hall–Kier alpha value is -0.240. The van der Waals surface area contributed by atoms with Crippen LogP contribution in [0.25, 0.3) is 0 Å². The molecule has 1 saturated carbocycles. The Morgan fingerprint density at radius 2 is 1.55 bits per heavy atom. The van der Waals surface area contributed by atoms with Gasteiger partial charge in [-0.15, -0.1) is 0 Å². The van der Waals surface area contributed by atoms with Gasteiger partial charge in [0.05, 0.1) is 24.4 Å². The van der Waals surface area contributed by atoms with Crippen LogP contribution in [0, 0.1) is 17.8 Å². The normalized spacial score (nSPS) is 53.5. The van der Waals surface area contributed by atoms with Crippen molar-refractivity contribution in [3.8, 4) is 0 Å². The summed E-state index contributed by atoms with van der Waals surface area (Å²) in [5.74, 6) is -0.313. The first-order chi connectivity index (χ1) is 10.3. The number of aliphatic hydroxyl groups is 4. The molecule has 0 bridgehead atoms. The lowest BCUT2D eigenvalue weighted by molar-refractivity contribution is -0.309. The van der Waals surface area contributed by atoms with Crippen molar-refractivity contribution in [2.24, 2.45) is 17.8 Å². The second-order valence-electron chi connectivity index (χ2n) is 7.06. The smallest absolute Gasteiger partial charge is 0.163 e. The van der Waals surface area contributed by atoms with Gasteiger partial charge in [0.15, 0.2) is 6.29 Å². The number of ether oxygens (including phenoxy) is 2. The van der Waals surface area contributed by atoms with Crippen molar-refractivity contribution < 1.29 is 29.9 Å². The molecule has 1 aliphatic heterocycles. The van der Waals surface area contributed by atoms with Gasteiger partial charge in [-0.3, -0.25) is 0 Å². The summed E-state index contributed by atoms with van der Waals surface area (Å²) >= 11 is 0. The third-order valence-electron chi connectivity index (χ3n) is 5.28. The van der Waals surface area contributed by atoms with Gasteiger partial charge in [-0.25, -0.2) is 0 Å². The monoisotopic (exact) mass is 318 g/mol. The van der Waals surface area contributed by atoms with Gasteiger partial charge in [-0.2, -0.15) is 0 Å². The van der Waals surface area contributed by atoms with Gasteiger partial charge >= 0.3 is 0 Å². The van der Waals surface area contributed by atoms with Gasteiger partial charge in [0, 0.05) is 5.92 Å². The third kappa shape index (κ3) is 3.32. The lowest BCUT2D eigenvalue weighted by Crippen LogP contribution is -2.58. The number of rotatable bonds is 3. The molecule has 0 aromatic heterocycles. The molecule has 0 aromatic carbocycles. The summed E-state index contributed by atoms with van der Waals surface area (Å²) in [7, 11) is 0. The SMILES string of the molecule is CCC1O[C@@H](O[C@H]2C(C)C[C@@H](C)C(O)[C@H]2O)C(C)[C@@H](O)[C@H]1O. The lowest BCUT2D eigenvalue weighted by Gasteiger charge is -2.46. The van der Waals surface area contributed by atoms with Crippen LogP contribution in [0.1, 0.15) is 40.5 Å². The van der Waals surface area contributed by atoms with Gasteiger partial charge in [0.1, 0.15) is 12.2 Å². The maximum Gasteiger partial charge on any atom is 0.163 e. The lowest BCUT2D eigenvalue weighted by atomic mass is 9.77. The minimum atomic E-state index is -0.974. The number of hydrogen-bond donors (Lipinski definition) is 4. The first-order valence-electron chi connectivity index (χ1n) is 8.31. The van der Waals surface area contributed by atoms with E-state index < -0.39 is 48.8 Å². The van der Waals surface area contributed by atoms with E-state index in [1.165, 1.54) is 0 Å². The van der Waals surface area contributed by atoms with Crippen molar-refractivity contribution in [3.05, 3.63) is 0 Å². The molecular weight excluding hydrogens is 288 g/mol. The highest BCUT2D eigenvalue weighted by Crippen LogP contribution is 2.35. The van der Waals surface area contributed by atoms with E-state index in [0.717, 1.165) is 6.42 Å². The van der Waals surface area contributed by atoms with Crippen LogP contribution in [0.4, 0.5) is 0 Å². The first kappa shape index (κ1) is 18.1. The number of aliphatic hydroxyl groups excluding tert-OH is 4. The maximum absolute atomic E-state index is 10.3. The fraction of sp³-hybridized carbons (Fsp3) is 1.00. The zero-order chi connectivity index (χ0) is 16.6. The standard InChI is InChI=1S/C16H30O6/c1-5-10-13(19)12(18)9(4)16(21-10)22-15-8(3)6-7(2)11(17)14(15)20/h7-20H,5-6H2,1-4H3/t7-,8?,9?,10?,11?,12-,13+,14-,15+,16+/m1/s1. The van der Waals surface area contributed by atoms with Crippen molar-refractivity contribution in [1.29, 1.82) is 0 Å². The minimum Gasteiger partial charge on any atom is -0.390 e. The van der Waals surface area contributed by atoms with Gasteiger partial charge in [-0.1, -0.05) is 27.7 Å². The Kier molecular flexibility index (Phi) is 5.85. The molecule has 4 unspecified atom stereocenters. The third-order valence-corrected chi connectivity index (χ3v) is 5.28. The summed E-state index contributed by atoms with van der Waals surface area (Å²) in [6.45, 7) is 7.51. The van der Waals surface area contributed by atoms with E-state index >= 15 is 0 Å². The largest absolute Gasteiger partial charge is 0.390 e. The maximum atomic E-state index is 10.3. The summed E-state index contributed by atoms with van der Waals surface area (Å²) in [5, 5.41) is 40.5. The Bertz CT molecular complexity index is 363. The molecule has 2 fully saturated rings. The van der Waals surface area contributed by atoms with Crippen LogP contribution >= 0.6 is 0 Å². The Balaban J connectivity index is 2.08. The van der Waals surface area contributed by atoms with Gasteiger partial charge in [-0.05, 0) is 24.7 Å². The first-order valence-corrected chi connectivity index (χ1v) is 8.31. The molecule has 130 valence electrons. The average molecular weight is 318 g/mol. The number of hydrogen-bond acceptors (Lipinski definition) is 6. The van der Waals surface area contributed by atoms with Crippen molar-refractivity contribution in [3.63, 3.8) is 0 Å². The van der Waals surface area contributed by atoms with Crippen LogP contribution in [0.3, 0.4) is 0 Å². The molecule has 0 aromatic rings. The van der Waals surface area contributed by atoms with Crippen LogP contribution in [-0.2, 0) is 9.47 Å². The van der Waals surface area contributed by atoms with E-state index in [-0.39, 0.29) is 11.8 Å². The molecule has 0 spiro atoms. The summed E-state index contributed by atoms with van der Waals surface area (Å²) in [6, 6.07) is 0. The average Bonchev–Trinajstić information content (AvgIpc) is 2.49. The summed E-state index contributed by atoms with van der Waals surface area (Å²) in [4.78, 5) is 0. The van der Waals surface area contributed by atoms with Gasteiger partial charge in [0.2, 0.25) is 0 Å². The van der Waals surface area contributed by atoms with Gasteiger partial charge in [0.25, 0.3) is 0 Å². The quantitative estimate of drug-likeness (QED) is 0.596. The highest BCUT2D eigenvalue weighted by molar-refractivity contribution is 4.92. The molecule has 22 heavy (non-hydrogen) atoms. The molecular formula is C16H30O6. The van der Waals surface area contributed by atoms with Gasteiger partial charge < -0.3 is 29.9 Å². The predicted molar refractivity (Wildman–Crippen MR) is 80.0 cm³/mol. The second-order valence-corrected chi connectivity index (χ2v) is 7.06. The summed E-state index contributed by atoms with van der Waals surface area (Å²) < 4.78 is 11.7. The van der Waals surface area contributed by atoms with Crippen LogP contribution in [0.15, 0.2) is 0 Å². The predicted octanol–water partition coefficient (Wildman–Crippen LogP) is 0.262. The van der Waals surface area contributed by atoms with Crippen LogP contribution in [-0.4, -0.2) is 63.3 Å². The molecule has 2 aliphatic rings. The van der Waals surface area contributed by atoms with E-state index in [2.05, 4.69) is 0 Å². The molecule has 2 rings (SSSR count). The van der Waals surface area contributed by atoms with E-state index in [1.807, 2.05) is 20.8 Å². The van der Waals surface area contributed by atoms with Crippen LogP contribution in [0.2, 0.25) is 0 Å². The molecule has 6 heteroatoms. The van der Waals surface area contributed by atoms with Crippen molar-refractivity contribution >= 4 is 0 Å². The summed E-state index contributed by atoms with van der Waals surface area (Å²) in [5.41, 5.74) is 0. The molecule has 0 radical (unpaired) electrons. The molecule has 1 aliphatic carbocycles. The van der Waals surface area contributed by atoms with Crippen molar-refractivity contribution in [1.82, 2.24) is 0 Å². The minimum absolute atomic E-state index is 0.0188. The topological polar surface area (TPSA) is 99.4 Å². The Labute approximate surface area is 132 Å². The zero-order valence-electron chi connectivity index (χ0n) is 13.8. The van der Waals surface area contributed by atoms with Crippen LogP contribution < -0.4 is 0 Å². The highest BCUT2D eigenvalue weighted by Gasteiger charge is 2.46. The van der Waals surface area contributed by atoms with Crippen molar-refractivity contribution in [2.75, 3.05) is 0 Å². The summed E-state index contributed by atoms with van der Waals surface area (Å²) in [6.07, 6.45) is -4.07. The molecule has 4 N–H and O–H groups in total. The van der Waals surface area contributed by atoms with Crippen molar-refractivity contribution in [2.45, 2.75) is 83.5 Å². The second kappa shape index (κ2) is 7.11. The fourth-order valence-corrected chi connectivity index (χ4v) is 3.66. The highest BCUT2D eigenvalue weighted by atomic mass is 16.7. The van der Waals surface area contributed by atoms with E-state index in [4.69, 9.17) is 9.47 Å². The van der Waals surface area contributed by atoms with E-state index in [9.17, 15) is 20.4 Å². The van der Waals surface area contributed by atoms with E-state index in [0.29, 0.717) is 6.42 Å². The molecule has 1 heterocycles. The molecule has 10 atom stereocenters. The Morgan fingerprint density at radius 1 is 0.909 bits per heavy atom. The van der Waals surface area contributed by atoms with Crippen LogP contribution in [0.5, 0.6) is 0 Å².